The highest BCUT2D eigenvalue weighted by molar-refractivity contribution is 7.99. The van der Waals surface area contributed by atoms with Crippen molar-refractivity contribution in [1.82, 2.24) is 5.32 Å². The van der Waals surface area contributed by atoms with E-state index in [4.69, 9.17) is 0 Å². The van der Waals surface area contributed by atoms with E-state index in [9.17, 15) is 5.11 Å². The largest absolute Gasteiger partial charge is 0.389 e. The molecule has 0 spiro atoms. The molecule has 0 aromatic carbocycles. The maximum Gasteiger partial charge on any atom is 0.0786 e. The Morgan fingerprint density at radius 2 is 2.38 bits per heavy atom. The van der Waals surface area contributed by atoms with Crippen molar-refractivity contribution in [2.45, 2.75) is 25.4 Å². The van der Waals surface area contributed by atoms with Crippen molar-refractivity contribution in [1.29, 1.82) is 0 Å². The first kappa shape index (κ1) is 9.81. The third-order valence-electron chi connectivity index (χ3n) is 3.41. The number of thioether (sulfide) groups is 1. The summed E-state index contributed by atoms with van der Waals surface area (Å²) in [6.07, 6.45) is 2.65. The molecule has 2 nitrogen and oxygen atoms in total. The molecule has 0 aliphatic carbocycles. The van der Waals surface area contributed by atoms with E-state index in [0.717, 1.165) is 19.0 Å². The summed E-state index contributed by atoms with van der Waals surface area (Å²) >= 11 is 2.05. The molecule has 0 radical (unpaired) electrons. The Hall–Kier alpha value is 0.270. The summed E-state index contributed by atoms with van der Waals surface area (Å²) < 4.78 is 0. The summed E-state index contributed by atoms with van der Waals surface area (Å²) in [5.41, 5.74) is -0.456. The van der Waals surface area contributed by atoms with Crippen molar-refractivity contribution in [3.05, 3.63) is 0 Å². The number of aliphatic hydroxyl groups is 1. The zero-order valence-corrected chi connectivity index (χ0v) is 9.07. The summed E-state index contributed by atoms with van der Waals surface area (Å²) in [6.45, 7) is 3.77. The van der Waals surface area contributed by atoms with E-state index in [0.29, 0.717) is 5.92 Å². The lowest BCUT2D eigenvalue weighted by molar-refractivity contribution is 0.0133. The molecule has 76 valence electrons. The van der Waals surface area contributed by atoms with Gasteiger partial charge in [0.15, 0.2) is 0 Å². The van der Waals surface area contributed by atoms with Gasteiger partial charge < -0.3 is 10.4 Å². The lowest BCUT2D eigenvalue weighted by Crippen LogP contribution is -2.39. The second kappa shape index (κ2) is 3.79. The Kier molecular flexibility index (Phi) is 2.86. The van der Waals surface area contributed by atoms with Gasteiger partial charge in [-0.2, -0.15) is 11.8 Å². The molecule has 0 aromatic heterocycles. The minimum atomic E-state index is -0.456. The normalized spacial score (nSPS) is 46.6. The quantitative estimate of drug-likeness (QED) is 0.666. The smallest absolute Gasteiger partial charge is 0.0786 e. The zero-order valence-electron chi connectivity index (χ0n) is 8.25. The fourth-order valence-electron chi connectivity index (χ4n) is 2.59. The summed E-state index contributed by atoms with van der Waals surface area (Å²) in [5, 5.41) is 13.4. The predicted octanol–water partition coefficient (Wildman–Crippen LogP) is 1.10. The van der Waals surface area contributed by atoms with Crippen LogP contribution in [0.15, 0.2) is 0 Å². The minimum absolute atomic E-state index is 0.456. The standard InChI is InChI=1S/C10H19NOS/c1-10(12)7-11-5-9(10)8-3-2-4-13-6-8/h8-9,11-12H,2-7H2,1H3. The van der Waals surface area contributed by atoms with Crippen molar-refractivity contribution >= 4 is 11.8 Å². The third kappa shape index (κ3) is 2.03. The monoisotopic (exact) mass is 201 g/mol. The van der Waals surface area contributed by atoms with E-state index in [1.165, 1.54) is 24.3 Å². The van der Waals surface area contributed by atoms with Crippen LogP contribution in [0.3, 0.4) is 0 Å². The van der Waals surface area contributed by atoms with Crippen LogP contribution in [0.1, 0.15) is 19.8 Å². The fourth-order valence-corrected chi connectivity index (χ4v) is 3.83. The van der Waals surface area contributed by atoms with Crippen LogP contribution in [-0.4, -0.2) is 35.3 Å². The number of rotatable bonds is 1. The van der Waals surface area contributed by atoms with Crippen molar-refractivity contribution in [3.8, 4) is 0 Å². The van der Waals surface area contributed by atoms with Crippen LogP contribution in [0.2, 0.25) is 0 Å². The van der Waals surface area contributed by atoms with Crippen molar-refractivity contribution in [3.63, 3.8) is 0 Å². The average molecular weight is 201 g/mol. The SMILES string of the molecule is CC1(O)CNCC1C1CCCSC1. The second-order valence-corrected chi connectivity index (χ2v) is 5.72. The molecular formula is C10H19NOS. The molecule has 3 heteroatoms. The topological polar surface area (TPSA) is 32.3 Å². The minimum Gasteiger partial charge on any atom is -0.389 e. The first-order valence-electron chi connectivity index (χ1n) is 5.21. The van der Waals surface area contributed by atoms with Crippen LogP contribution < -0.4 is 5.32 Å². The van der Waals surface area contributed by atoms with Gasteiger partial charge in [-0.15, -0.1) is 0 Å². The van der Waals surface area contributed by atoms with Crippen LogP contribution in [0.25, 0.3) is 0 Å². The molecule has 2 heterocycles. The van der Waals surface area contributed by atoms with Crippen molar-refractivity contribution in [2.24, 2.45) is 11.8 Å². The first-order valence-corrected chi connectivity index (χ1v) is 6.36. The second-order valence-electron chi connectivity index (χ2n) is 4.57. The van der Waals surface area contributed by atoms with Gasteiger partial charge in [0.1, 0.15) is 0 Å². The van der Waals surface area contributed by atoms with Gasteiger partial charge in [0.2, 0.25) is 0 Å². The summed E-state index contributed by atoms with van der Waals surface area (Å²) in [5.74, 6) is 3.80. The molecule has 0 aromatic rings. The van der Waals surface area contributed by atoms with Crippen LogP contribution in [-0.2, 0) is 0 Å². The van der Waals surface area contributed by atoms with E-state index < -0.39 is 5.60 Å². The molecule has 3 atom stereocenters. The maximum atomic E-state index is 10.1. The Bertz CT molecular complexity index is 178. The van der Waals surface area contributed by atoms with Crippen molar-refractivity contribution in [2.75, 3.05) is 24.6 Å². The number of hydrogen-bond donors (Lipinski definition) is 2. The number of β-amino-alcohol motifs (C(OH)–C–C–N with tert-alkyl or cyclic N) is 1. The lowest BCUT2D eigenvalue weighted by atomic mass is 9.80. The van der Waals surface area contributed by atoms with E-state index >= 15 is 0 Å². The van der Waals surface area contributed by atoms with Crippen LogP contribution in [0.5, 0.6) is 0 Å². The highest BCUT2D eigenvalue weighted by Crippen LogP contribution is 2.36. The Balaban J connectivity index is 1.98. The molecule has 2 saturated heterocycles. The molecule has 0 bridgehead atoms. The lowest BCUT2D eigenvalue weighted by Gasteiger charge is -2.34. The predicted molar refractivity (Wildman–Crippen MR) is 57.0 cm³/mol. The Morgan fingerprint density at radius 1 is 1.54 bits per heavy atom. The first-order chi connectivity index (χ1) is 6.20. The molecule has 2 N–H and O–H groups in total. The third-order valence-corrected chi connectivity index (χ3v) is 4.65. The summed E-state index contributed by atoms with van der Waals surface area (Å²) in [7, 11) is 0. The van der Waals surface area contributed by atoms with E-state index in [1.54, 1.807) is 0 Å². The molecule has 2 aliphatic rings. The maximum absolute atomic E-state index is 10.1. The zero-order chi connectivity index (χ0) is 9.31. The van der Waals surface area contributed by atoms with Gasteiger partial charge in [-0.1, -0.05) is 0 Å². The van der Waals surface area contributed by atoms with Crippen LogP contribution in [0, 0.1) is 11.8 Å². The van der Waals surface area contributed by atoms with Crippen LogP contribution in [0.4, 0.5) is 0 Å². The highest BCUT2D eigenvalue weighted by atomic mass is 32.2. The molecule has 13 heavy (non-hydrogen) atoms. The summed E-state index contributed by atoms with van der Waals surface area (Å²) in [6, 6.07) is 0. The molecule has 2 fully saturated rings. The summed E-state index contributed by atoms with van der Waals surface area (Å²) in [4.78, 5) is 0. The van der Waals surface area contributed by atoms with Crippen LogP contribution >= 0.6 is 11.8 Å². The van der Waals surface area contributed by atoms with Gasteiger partial charge in [-0.05, 0) is 37.2 Å². The van der Waals surface area contributed by atoms with Gasteiger partial charge in [0, 0.05) is 19.0 Å². The van der Waals surface area contributed by atoms with Gasteiger partial charge in [-0.3, -0.25) is 0 Å². The molecule has 0 amide bonds. The van der Waals surface area contributed by atoms with Gasteiger partial charge in [0.25, 0.3) is 0 Å². The van der Waals surface area contributed by atoms with E-state index in [-0.39, 0.29) is 0 Å². The van der Waals surface area contributed by atoms with Gasteiger partial charge in [-0.25, -0.2) is 0 Å². The molecular weight excluding hydrogens is 182 g/mol. The molecule has 0 saturated carbocycles. The fraction of sp³-hybridized carbons (Fsp3) is 1.00. The highest BCUT2D eigenvalue weighted by Gasteiger charge is 2.41. The van der Waals surface area contributed by atoms with E-state index in [2.05, 4.69) is 17.1 Å². The number of hydrogen-bond acceptors (Lipinski definition) is 3. The molecule has 2 rings (SSSR count). The van der Waals surface area contributed by atoms with Gasteiger partial charge >= 0.3 is 0 Å². The average Bonchev–Trinajstić information content (AvgIpc) is 2.47. The Morgan fingerprint density at radius 3 is 2.92 bits per heavy atom. The van der Waals surface area contributed by atoms with Gasteiger partial charge in [0.05, 0.1) is 5.60 Å². The molecule has 2 aliphatic heterocycles. The Labute approximate surface area is 84.5 Å². The molecule has 3 unspecified atom stereocenters. The number of nitrogens with one attached hydrogen (secondary N) is 1. The van der Waals surface area contributed by atoms with Crippen molar-refractivity contribution < 1.29 is 5.11 Å². The van der Waals surface area contributed by atoms with E-state index in [1.807, 2.05) is 6.92 Å².